The van der Waals surface area contributed by atoms with Crippen LogP contribution in [0.5, 0.6) is 0 Å². The van der Waals surface area contributed by atoms with E-state index in [2.05, 4.69) is 0 Å². The van der Waals surface area contributed by atoms with Gasteiger partial charge in [-0.25, -0.2) is 4.39 Å². The average Bonchev–Trinajstić information content (AvgIpc) is 1.97. The van der Waals surface area contributed by atoms with Crippen LogP contribution in [-0.4, -0.2) is 18.1 Å². The second-order valence-electron chi connectivity index (χ2n) is 1.82. The molecule has 0 saturated heterocycles. The normalized spacial score (nSPS) is 9.82. The average molecular weight is 185 g/mol. The molecule has 0 aromatic carbocycles. The Morgan fingerprint density at radius 3 is 2.27 bits per heavy atom. The summed E-state index contributed by atoms with van der Waals surface area (Å²) >= 11 is 1.37. The van der Waals surface area contributed by atoms with Gasteiger partial charge >= 0.3 is 6.08 Å². The molecule has 0 unspecified atom stereocenters. The zero-order valence-electron chi connectivity index (χ0n) is 5.95. The lowest BCUT2D eigenvalue weighted by Crippen LogP contribution is -2.01. The Balaban J connectivity index is 3.32. The molecule has 0 atom stereocenters. The monoisotopic (exact) mass is 185 g/mol. The standard InChI is InChI=1S/C6H10F3NS/c7-5(6(8)9)1-3-11-4-2-10/h1-4,10H2. The number of rotatable bonds is 5. The van der Waals surface area contributed by atoms with Crippen LogP contribution in [-0.2, 0) is 0 Å². The largest absolute Gasteiger partial charge is 0.330 e. The second kappa shape index (κ2) is 6.54. The minimum Gasteiger partial charge on any atom is -0.330 e. The molecule has 2 N–H and O–H groups in total. The topological polar surface area (TPSA) is 26.0 Å². The van der Waals surface area contributed by atoms with E-state index in [0.29, 0.717) is 18.1 Å². The fourth-order valence-corrected chi connectivity index (χ4v) is 1.14. The molecule has 1 nitrogen and oxygen atoms in total. The summed E-state index contributed by atoms with van der Waals surface area (Å²) in [7, 11) is 0. The molecule has 0 aliphatic heterocycles. The van der Waals surface area contributed by atoms with Gasteiger partial charge in [0.2, 0.25) is 0 Å². The van der Waals surface area contributed by atoms with Crippen LogP contribution in [0, 0.1) is 0 Å². The first-order valence-corrected chi connectivity index (χ1v) is 4.31. The fourth-order valence-electron chi connectivity index (χ4n) is 0.442. The Bertz CT molecular complexity index is 134. The van der Waals surface area contributed by atoms with Crippen LogP contribution in [0.15, 0.2) is 11.9 Å². The van der Waals surface area contributed by atoms with Crippen molar-refractivity contribution in [1.29, 1.82) is 0 Å². The molecule has 0 saturated carbocycles. The maximum absolute atomic E-state index is 12.0. The van der Waals surface area contributed by atoms with Crippen molar-refractivity contribution in [3.63, 3.8) is 0 Å². The van der Waals surface area contributed by atoms with E-state index in [4.69, 9.17) is 5.73 Å². The molecule has 0 rings (SSSR count). The first-order chi connectivity index (χ1) is 5.18. The lowest BCUT2D eigenvalue weighted by molar-refractivity contribution is 0.373. The van der Waals surface area contributed by atoms with Gasteiger partial charge in [0.05, 0.1) is 0 Å². The van der Waals surface area contributed by atoms with Crippen molar-refractivity contribution in [3.05, 3.63) is 11.9 Å². The number of allylic oxidation sites excluding steroid dienone is 1. The van der Waals surface area contributed by atoms with Gasteiger partial charge in [-0.2, -0.15) is 20.5 Å². The quantitative estimate of drug-likeness (QED) is 0.664. The zero-order valence-corrected chi connectivity index (χ0v) is 6.76. The Kier molecular flexibility index (Phi) is 6.45. The highest BCUT2D eigenvalue weighted by molar-refractivity contribution is 7.99. The van der Waals surface area contributed by atoms with E-state index in [1.807, 2.05) is 0 Å². The van der Waals surface area contributed by atoms with Gasteiger partial charge in [0.25, 0.3) is 0 Å². The number of nitrogens with two attached hydrogens (primary N) is 1. The third-order valence-corrected chi connectivity index (χ3v) is 1.95. The summed E-state index contributed by atoms with van der Waals surface area (Å²) in [6, 6.07) is 0. The van der Waals surface area contributed by atoms with E-state index in [-0.39, 0.29) is 6.42 Å². The van der Waals surface area contributed by atoms with Gasteiger partial charge < -0.3 is 5.73 Å². The molecule has 5 heteroatoms. The van der Waals surface area contributed by atoms with Crippen molar-refractivity contribution in [3.8, 4) is 0 Å². The number of halogens is 3. The predicted octanol–water partition coefficient (Wildman–Crippen LogP) is 2.15. The summed E-state index contributed by atoms with van der Waals surface area (Å²) in [6.45, 7) is 0.494. The molecule has 0 radical (unpaired) electrons. The summed E-state index contributed by atoms with van der Waals surface area (Å²) in [4.78, 5) is 0. The molecule has 66 valence electrons. The van der Waals surface area contributed by atoms with E-state index in [0.717, 1.165) is 0 Å². The van der Waals surface area contributed by atoms with Crippen LogP contribution in [0.3, 0.4) is 0 Å². The number of hydrogen-bond acceptors (Lipinski definition) is 2. The van der Waals surface area contributed by atoms with Crippen molar-refractivity contribution >= 4 is 11.8 Å². The Hall–Kier alpha value is -0.160. The van der Waals surface area contributed by atoms with E-state index in [9.17, 15) is 13.2 Å². The third-order valence-electron chi connectivity index (χ3n) is 0.933. The van der Waals surface area contributed by atoms with Gasteiger partial charge in [0.1, 0.15) is 0 Å². The summed E-state index contributed by atoms with van der Waals surface area (Å²) < 4.78 is 34.9. The molecular formula is C6H10F3NS. The van der Waals surface area contributed by atoms with Crippen molar-refractivity contribution < 1.29 is 13.2 Å². The molecular weight excluding hydrogens is 175 g/mol. The molecule has 0 aromatic rings. The minimum atomic E-state index is -2.21. The smallest absolute Gasteiger partial charge is 0.301 e. The highest BCUT2D eigenvalue weighted by Gasteiger charge is 2.03. The highest BCUT2D eigenvalue weighted by atomic mass is 32.2. The van der Waals surface area contributed by atoms with Crippen LogP contribution in [0.4, 0.5) is 13.2 Å². The first kappa shape index (κ1) is 10.8. The maximum atomic E-state index is 12.0. The Morgan fingerprint density at radius 2 is 1.82 bits per heavy atom. The second-order valence-corrected chi connectivity index (χ2v) is 3.04. The molecule has 0 heterocycles. The SMILES string of the molecule is NCCSCCC(F)=C(F)F. The van der Waals surface area contributed by atoms with Gasteiger partial charge in [0.15, 0.2) is 5.83 Å². The summed E-state index contributed by atoms with van der Waals surface area (Å²) in [5.74, 6) is -0.267. The summed E-state index contributed by atoms with van der Waals surface area (Å²) in [5.41, 5.74) is 5.13. The van der Waals surface area contributed by atoms with Crippen LogP contribution in [0.25, 0.3) is 0 Å². The molecule has 0 fully saturated rings. The fraction of sp³-hybridized carbons (Fsp3) is 0.667. The van der Waals surface area contributed by atoms with E-state index in [1.54, 1.807) is 0 Å². The molecule has 0 spiro atoms. The molecule has 11 heavy (non-hydrogen) atoms. The first-order valence-electron chi connectivity index (χ1n) is 3.16. The van der Waals surface area contributed by atoms with Crippen molar-refractivity contribution in [2.24, 2.45) is 5.73 Å². The molecule has 0 aromatic heterocycles. The lowest BCUT2D eigenvalue weighted by atomic mass is 10.4. The van der Waals surface area contributed by atoms with Gasteiger partial charge in [0, 0.05) is 18.7 Å². The Morgan fingerprint density at radius 1 is 1.18 bits per heavy atom. The van der Waals surface area contributed by atoms with Crippen molar-refractivity contribution in [1.82, 2.24) is 0 Å². The highest BCUT2D eigenvalue weighted by Crippen LogP contribution is 2.15. The predicted molar refractivity (Wildman–Crippen MR) is 41.3 cm³/mol. The summed E-state index contributed by atoms with van der Waals surface area (Å²) in [6.07, 6.45) is -2.41. The van der Waals surface area contributed by atoms with E-state index < -0.39 is 11.9 Å². The van der Waals surface area contributed by atoms with Crippen molar-refractivity contribution in [2.45, 2.75) is 6.42 Å². The number of thioether (sulfide) groups is 1. The van der Waals surface area contributed by atoms with Crippen LogP contribution in [0.2, 0.25) is 0 Å². The van der Waals surface area contributed by atoms with E-state index >= 15 is 0 Å². The zero-order chi connectivity index (χ0) is 8.69. The van der Waals surface area contributed by atoms with E-state index in [1.165, 1.54) is 11.8 Å². The maximum Gasteiger partial charge on any atom is 0.301 e. The lowest BCUT2D eigenvalue weighted by Gasteiger charge is -1.96. The third kappa shape index (κ3) is 6.25. The van der Waals surface area contributed by atoms with Crippen LogP contribution in [0.1, 0.15) is 6.42 Å². The summed E-state index contributed by atoms with van der Waals surface area (Å²) in [5, 5.41) is 0. The molecule has 0 amide bonds. The van der Waals surface area contributed by atoms with Gasteiger partial charge in [-0.15, -0.1) is 0 Å². The number of hydrogen-bond donors (Lipinski definition) is 1. The van der Waals surface area contributed by atoms with Crippen LogP contribution >= 0.6 is 11.8 Å². The van der Waals surface area contributed by atoms with Crippen molar-refractivity contribution in [2.75, 3.05) is 18.1 Å². The molecule has 0 aliphatic rings. The molecule has 0 aliphatic carbocycles. The van der Waals surface area contributed by atoms with Crippen LogP contribution < -0.4 is 5.73 Å². The molecule has 0 bridgehead atoms. The minimum absolute atomic E-state index is 0.201. The van der Waals surface area contributed by atoms with Gasteiger partial charge in [-0.05, 0) is 5.75 Å². The van der Waals surface area contributed by atoms with Gasteiger partial charge in [-0.3, -0.25) is 0 Å². The van der Waals surface area contributed by atoms with Gasteiger partial charge in [-0.1, -0.05) is 0 Å². The Labute approximate surface area is 67.8 Å².